The minimum Gasteiger partial charge on any atom is -0.406 e. The highest BCUT2D eigenvalue weighted by Gasteiger charge is 2.08. The highest BCUT2D eigenvalue weighted by molar-refractivity contribution is 5.67. The number of rotatable bonds is 8. The fraction of sp³-hybridized carbons (Fsp3) is 0.571. The van der Waals surface area contributed by atoms with Gasteiger partial charge in [-0.2, -0.15) is 0 Å². The van der Waals surface area contributed by atoms with Gasteiger partial charge in [0.2, 0.25) is 0 Å². The third-order valence-electron chi connectivity index (χ3n) is 2.89. The van der Waals surface area contributed by atoms with Crippen LogP contribution in [0.1, 0.15) is 20.3 Å². The lowest BCUT2D eigenvalue weighted by Gasteiger charge is -2.08. The Balaban J connectivity index is 1.76. The zero-order chi connectivity index (χ0) is 14.4. The van der Waals surface area contributed by atoms with Crippen molar-refractivity contribution in [1.29, 1.82) is 0 Å². The molecule has 2 aromatic heterocycles. The van der Waals surface area contributed by atoms with E-state index in [0.717, 1.165) is 19.6 Å². The Morgan fingerprint density at radius 1 is 1.45 bits per heavy atom. The van der Waals surface area contributed by atoms with E-state index in [2.05, 4.69) is 10.3 Å². The van der Waals surface area contributed by atoms with Crippen molar-refractivity contribution in [2.45, 2.75) is 32.9 Å². The average Bonchev–Trinajstić information content (AvgIpc) is 2.73. The van der Waals surface area contributed by atoms with E-state index in [4.69, 9.17) is 9.15 Å². The van der Waals surface area contributed by atoms with Gasteiger partial charge in [-0.05, 0) is 38.9 Å². The second-order valence-corrected chi connectivity index (χ2v) is 4.87. The van der Waals surface area contributed by atoms with Gasteiger partial charge in [0, 0.05) is 25.9 Å². The van der Waals surface area contributed by atoms with E-state index in [1.807, 2.05) is 13.8 Å². The first-order valence-corrected chi connectivity index (χ1v) is 6.95. The molecule has 6 heteroatoms. The quantitative estimate of drug-likeness (QED) is 0.740. The lowest BCUT2D eigenvalue weighted by molar-refractivity contribution is 0.0771. The number of fused-ring (bicyclic) bond motifs is 1. The molecule has 1 N–H and O–H groups in total. The Labute approximate surface area is 117 Å². The summed E-state index contributed by atoms with van der Waals surface area (Å²) in [6.07, 6.45) is 2.89. The van der Waals surface area contributed by atoms with Crippen LogP contribution >= 0.6 is 0 Å². The molecule has 0 radical (unpaired) electrons. The molecule has 20 heavy (non-hydrogen) atoms. The van der Waals surface area contributed by atoms with Gasteiger partial charge in [-0.1, -0.05) is 0 Å². The van der Waals surface area contributed by atoms with E-state index in [1.165, 1.54) is 0 Å². The molecule has 0 bridgehead atoms. The smallest absolute Gasteiger partial charge is 0.406 e. The zero-order valence-corrected chi connectivity index (χ0v) is 12.0. The predicted octanol–water partition coefficient (Wildman–Crippen LogP) is 1.39. The number of pyridine rings is 1. The molecule has 0 aliphatic rings. The van der Waals surface area contributed by atoms with E-state index in [-0.39, 0.29) is 11.9 Å². The Morgan fingerprint density at radius 3 is 3.10 bits per heavy atom. The van der Waals surface area contributed by atoms with Crippen LogP contribution < -0.4 is 11.1 Å². The molecule has 0 unspecified atom stereocenters. The average molecular weight is 279 g/mol. The van der Waals surface area contributed by atoms with E-state index in [0.29, 0.717) is 24.3 Å². The van der Waals surface area contributed by atoms with Crippen molar-refractivity contribution in [1.82, 2.24) is 14.9 Å². The zero-order valence-electron chi connectivity index (χ0n) is 12.0. The van der Waals surface area contributed by atoms with Crippen LogP contribution in [0, 0.1) is 0 Å². The standard InChI is InChI=1S/C14H21N3O3/c1-11(2)19-10-4-6-15-8-9-17-13-12(20-14(17)18)5-3-7-16-13/h3,5,7,11,15H,4,6,8-10H2,1-2H3. The van der Waals surface area contributed by atoms with Gasteiger partial charge in [0.25, 0.3) is 0 Å². The maximum Gasteiger partial charge on any atom is 0.421 e. The molecule has 0 aromatic carbocycles. The topological polar surface area (TPSA) is 69.3 Å². The van der Waals surface area contributed by atoms with Crippen LogP contribution in [0.15, 0.2) is 27.5 Å². The van der Waals surface area contributed by atoms with Crippen molar-refractivity contribution < 1.29 is 9.15 Å². The van der Waals surface area contributed by atoms with Crippen LogP contribution in [0.4, 0.5) is 0 Å². The molecule has 2 rings (SSSR count). The maximum atomic E-state index is 11.7. The van der Waals surface area contributed by atoms with Crippen LogP contribution in [0.25, 0.3) is 11.2 Å². The van der Waals surface area contributed by atoms with E-state index >= 15 is 0 Å². The number of nitrogens with zero attached hydrogens (tertiary/aromatic N) is 2. The molecular formula is C14H21N3O3. The van der Waals surface area contributed by atoms with Gasteiger partial charge in [-0.3, -0.25) is 4.57 Å². The summed E-state index contributed by atoms with van der Waals surface area (Å²) < 4.78 is 12.1. The summed E-state index contributed by atoms with van der Waals surface area (Å²) in [6, 6.07) is 3.50. The molecule has 6 nitrogen and oxygen atoms in total. The van der Waals surface area contributed by atoms with Crippen LogP contribution in [0.3, 0.4) is 0 Å². The molecule has 0 aliphatic heterocycles. The minimum atomic E-state index is -0.358. The SMILES string of the molecule is CC(C)OCCCNCCn1c(=O)oc2cccnc21. The second-order valence-electron chi connectivity index (χ2n) is 4.87. The summed E-state index contributed by atoms with van der Waals surface area (Å²) in [7, 11) is 0. The Morgan fingerprint density at radius 2 is 2.30 bits per heavy atom. The van der Waals surface area contributed by atoms with Crippen molar-refractivity contribution in [3.63, 3.8) is 0 Å². The Bertz CT molecular complexity index is 589. The van der Waals surface area contributed by atoms with Crippen molar-refractivity contribution in [2.24, 2.45) is 0 Å². The van der Waals surface area contributed by atoms with Crippen molar-refractivity contribution in [3.8, 4) is 0 Å². The van der Waals surface area contributed by atoms with E-state index < -0.39 is 0 Å². The summed E-state index contributed by atoms with van der Waals surface area (Å²) in [4.78, 5) is 15.9. The molecular weight excluding hydrogens is 258 g/mol. The van der Waals surface area contributed by atoms with Gasteiger partial charge in [0.05, 0.1) is 6.10 Å². The first-order chi connectivity index (χ1) is 9.68. The lowest BCUT2D eigenvalue weighted by atomic mass is 10.4. The summed E-state index contributed by atoms with van der Waals surface area (Å²) >= 11 is 0. The van der Waals surface area contributed by atoms with Gasteiger partial charge < -0.3 is 14.5 Å². The van der Waals surface area contributed by atoms with Gasteiger partial charge in [0.1, 0.15) is 0 Å². The number of oxazole rings is 1. The monoisotopic (exact) mass is 279 g/mol. The second kappa shape index (κ2) is 7.21. The Kier molecular flexibility index (Phi) is 5.31. The number of aromatic nitrogens is 2. The van der Waals surface area contributed by atoms with Gasteiger partial charge in [-0.25, -0.2) is 9.78 Å². The molecule has 2 heterocycles. The van der Waals surface area contributed by atoms with E-state index in [1.54, 1.807) is 22.9 Å². The molecule has 0 fully saturated rings. The fourth-order valence-corrected chi connectivity index (χ4v) is 1.93. The molecule has 0 saturated heterocycles. The molecule has 2 aromatic rings. The third-order valence-corrected chi connectivity index (χ3v) is 2.89. The third kappa shape index (κ3) is 3.91. The van der Waals surface area contributed by atoms with Crippen LogP contribution in [-0.4, -0.2) is 35.4 Å². The summed E-state index contributed by atoms with van der Waals surface area (Å²) in [5.74, 6) is -0.358. The molecule has 0 saturated carbocycles. The van der Waals surface area contributed by atoms with Crippen molar-refractivity contribution >= 4 is 11.2 Å². The van der Waals surface area contributed by atoms with E-state index in [9.17, 15) is 4.79 Å². The van der Waals surface area contributed by atoms with Crippen LogP contribution in [0.5, 0.6) is 0 Å². The minimum absolute atomic E-state index is 0.275. The molecule has 0 spiro atoms. The molecule has 0 amide bonds. The van der Waals surface area contributed by atoms with Crippen LogP contribution in [-0.2, 0) is 11.3 Å². The van der Waals surface area contributed by atoms with Crippen molar-refractivity contribution in [2.75, 3.05) is 19.7 Å². The van der Waals surface area contributed by atoms with Crippen LogP contribution in [0.2, 0.25) is 0 Å². The first kappa shape index (κ1) is 14.7. The maximum absolute atomic E-state index is 11.7. The number of hydrogen-bond acceptors (Lipinski definition) is 5. The van der Waals surface area contributed by atoms with Gasteiger partial charge >= 0.3 is 5.76 Å². The number of nitrogens with one attached hydrogen (secondary N) is 1. The van der Waals surface area contributed by atoms with Gasteiger partial charge in [0.15, 0.2) is 11.2 Å². The predicted molar refractivity (Wildman–Crippen MR) is 76.8 cm³/mol. The summed E-state index contributed by atoms with van der Waals surface area (Å²) in [5.41, 5.74) is 1.13. The summed E-state index contributed by atoms with van der Waals surface area (Å²) in [5, 5.41) is 3.28. The first-order valence-electron chi connectivity index (χ1n) is 6.95. The normalized spacial score (nSPS) is 11.6. The Hall–Kier alpha value is -1.66. The fourth-order valence-electron chi connectivity index (χ4n) is 1.93. The molecule has 110 valence electrons. The molecule has 0 atom stereocenters. The van der Waals surface area contributed by atoms with Gasteiger partial charge in [-0.15, -0.1) is 0 Å². The number of ether oxygens (including phenoxy) is 1. The molecule has 0 aliphatic carbocycles. The highest BCUT2D eigenvalue weighted by atomic mass is 16.5. The number of hydrogen-bond donors (Lipinski definition) is 1. The van der Waals surface area contributed by atoms with Crippen molar-refractivity contribution in [3.05, 3.63) is 28.9 Å². The lowest BCUT2D eigenvalue weighted by Crippen LogP contribution is -2.26. The largest absolute Gasteiger partial charge is 0.421 e. The summed E-state index contributed by atoms with van der Waals surface area (Å²) in [6.45, 7) is 6.92. The highest BCUT2D eigenvalue weighted by Crippen LogP contribution is 2.07.